The second-order valence-electron chi connectivity index (χ2n) is 7.14. The Hall–Kier alpha value is -3.97. The number of halogens is 1. The Labute approximate surface area is 199 Å². The van der Waals surface area contributed by atoms with Crippen molar-refractivity contribution in [2.24, 2.45) is 5.10 Å². The molecule has 6 nitrogen and oxygen atoms in total. The second-order valence-corrected chi connectivity index (χ2v) is 8.05. The van der Waals surface area contributed by atoms with Gasteiger partial charge in [0.2, 0.25) is 0 Å². The first kappa shape index (κ1) is 22.2. The van der Waals surface area contributed by atoms with Crippen molar-refractivity contribution in [3.05, 3.63) is 107 Å². The molecule has 2 N–H and O–H groups in total. The van der Waals surface area contributed by atoms with Crippen LogP contribution >= 0.6 is 15.9 Å². The van der Waals surface area contributed by atoms with E-state index in [2.05, 4.69) is 31.8 Å². The van der Waals surface area contributed by atoms with E-state index in [0.29, 0.717) is 17.0 Å². The zero-order chi connectivity index (χ0) is 23.0. The minimum atomic E-state index is -0.278. The van der Waals surface area contributed by atoms with E-state index in [0.717, 1.165) is 20.8 Å². The van der Waals surface area contributed by atoms with E-state index in [4.69, 9.17) is 4.74 Å². The molecule has 0 aliphatic rings. The van der Waals surface area contributed by atoms with Crippen molar-refractivity contribution < 1.29 is 14.3 Å². The average molecular weight is 502 g/mol. The lowest BCUT2D eigenvalue weighted by Gasteiger charge is -2.08. The highest BCUT2D eigenvalue weighted by Crippen LogP contribution is 2.18. The third-order valence-electron chi connectivity index (χ3n) is 4.79. The van der Waals surface area contributed by atoms with Crippen LogP contribution in [0.3, 0.4) is 0 Å². The van der Waals surface area contributed by atoms with Gasteiger partial charge >= 0.3 is 0 Å². The van der Waals surface area contributed by atoms with Crippen LogP contribution in [0.25, 0.3) is 10.8 Å². The summed E-state index contributed by atoms with van der Waals surface area (Å²) in [5.41, 5.74) is 4.61. The third-order valence-corrected chi connectivity index (χ3v) is 5.32. The molecule has 0 fully saturated rings. The summed E-state index contributed by atoms with van der Waals surface area (Å²) in [5, 5.41) is 8.69. The smallest absolute Gasteiger partial charge is 0.271 e. The van der Waals surface area contributed by atoms with Crippen molar-refractivity contribution >= 4 is 50.4 Å². The van der Waals surface area contributed by atoms with Gasteiger partial charge in [-0.2, -0.15) is 5.10 Å². The van der Waals surface area contributed by atoms with Gasteiger partial charge in [0.05, 0.1) is 6.21 Å². The lowest BCUT2D eigenvalue weighted by atomic mass is 10.0. The molecule has 4 aromatic rings. The number of benzene rings is 4. The molecule has 33 heavy (non-hydrogen) atoms. The number of nitrogens with one attached hydrogen (secondary N) is 2. The maximum Gasteiger partial charge on any atom is 0.271 e. The molecule has 4 aromatic carbocycles. The fourth-order valence-electron chi connectivity index (χ4n) is 3.18. The molecule has 0 aliphatic carbocycles. The highest BCUT2D eigenvalue weighted by Gasteiger charge is 2.08. The number of ether oxygens (including phenoxy) is 1. The van der Waals surface area contributed by atoms with Gasteiger partial charge < -0.3 is 10.1 Å². The molecule has 0 saturated heterocycles. The van der Waals surface area contributed by atoms with Gasteiger partial charge in [-0.1, -0.05) is 52.3 Å². The van der Waals surface area contributed by atoms with Gasteiger partial charge in [-0.15, -0.1) is 0 Å². The van der Waals surface area contributed by atoms with Crippen molar-refractivity contribution in [1.29, 1.82) is 0 Å². The normalized spacial score (nSPS) is 10.8. The topological polar surface area (TPSA) is 79.8 Å². The molecule has 0 atom stereocenters. The number of amides is 2. The van der Waals surface area contributed by atoms with Crippen LogP contribution in [0.4, 0.5) is 5.69 Å². The van der Waals surface area contributed by atoms with Gasteiger partial charge in [0.1, 0.15) is 5.75 Å². The van der Waals surface area contributed by atoms with Crippen molar-refractivity contribution in [2.75, 3.05) is 11.9 Å². The number of fused-ring (bicyclic) bond motifs is 1. The van der Waals surface area contributed by atoms with E-state index >= 15 is 0 Å². The van der Waals surface area contributed by atoms with Crippen LogP contribution in [0.5, 0.6) is 5.75 Å². The summed E-state index contributed by atoms with van der Waals surface area (Å²) in [6.45, 7) is -0.107. The molecule has 0 radical (unpaired) electrons. The van der Waals surface area contributed by atoms with Crippen LogP contribution in [0.2, 0.25) is 0 Å². The number of hydrazone groups is 1. The largest absolute Gasteiger partial charge is 0.484 e. The lowest BCUT2D eigenvalue weighted by Crippen LogP contribution is -2.20. The Balaban J connectivity index is 1.28. The summed E-state index contributed by atoms with van der Waals surface area (Å²) in [7, 11) is 0. The first-order chi connectivity index (χ1) is 16.1. The van der Waals surface area contributed by atoms with E-state index in [1.807, 2.05) is 48.5 Å². The van der Waals surface area contributed by atoms with Crippen LogP contribution in [0.15, 0.2) is 101 Å². The Bertz CT molecular complexity index is 1300. The minimum Gasteiger partial charge on any atom is -0.484 e. The number of carbonyl (C=O) groups excluding carboxylic acids is 2. The first-order valence-corrected chi connectivity index (χ1v) is 11.0. The molecule has 164 valence electrons. The average Bonchev–Trinajstić information content (AvgIpc) is 2.84. The van der Waals surface area contributed by atoms with Crippen LogP contribution < -0.4 is 15.5 Å². The van der Waals surface area contributed by atoms with Gasteiger partial charge in [-0.3, -0.25) is 9.59 Å². The van der Waals surface area contributed by atoms with Crippen molar-refractivity contribution in [2.45, 2.75) is 0 Å². The zero-order valence-corrected chi connectivity index (χ0v) is 19.1. The third kappa shape index (κ3) is 6.05. The van der Waals surface area contributed by atoms with Crippen LogP contribution in [-0.2, 0) is 4.79 Å². The highest BCUT2D eigenvalue weighted by atomic mass is 79.9. The molecular weight excluding hydrogens is 482 g/mol. The standard InChI is InChI=1S/C26H20BrN3O3/c27-20-10-12-21(13-11-20)29-25(31)17-33-22-14-8-18(9-15-22)16-28-30-26(32)24-7-3-5-19-4-1-2-6-23(19)24/h1-16H,17H2,(H,29,31)(H,30,32)/b28-16-. The highest BCUT2D eigenvalue weighted by molar-refractivity contribution is 9.10. The van der Waals surface area contributed by atoms with Crippen LogP contribution in [0, 0.1) is 0 Å². The maximum atomic E-state index is 12.5. The molecule has 0 heterocycles. The Morgan fingerprint density at radius 2 is 1.61 bits per heavy atom. The summed E-state index contributed by atoms with van der Waals surface area (Å²) in [4.78, 5) is 24.5. The summed E-state index contributed by atoms with van der Waals surface area (Å²) in [6.07, 6.45) is 1.55. The molecule has 0 spiro atoms. The zero-order valence-electron chi connectivity index (χ0n) is 17.5. The van der Waals surface area contributed by atoms with Gasteiger partial charge in [0, 0.05) is 15.7 Å². The molecule has 0 aliphatic heterocycles. The van der Waals surface area contributed by atoms with Gasteiger partial charge in [0.15, 0.2) is 6.61 Å². The monoisotopic (exact) mass is 501 g/mol. The minimum absolute atomic E-state index is 0.107. The number of nitrogens with zero attached hydrogens (tertiary/aromatic N) is 1. The van der Waals surface area contributed by atoms with Crippen LogP contribution in [0.1, 0.15) is 15.9 Å². The van der Waals surface area contributed by atoms with E-state index in [-0.39, 0.29) is 18.4 Å². The molecule has 0 aromatic heterocycles. The van der Waals surface area contributed by atoms with E-state index in [1.165, 1.54) is 0 Å². The maximum absolute atomic E-state index is 12.5. The predicted octanol–water partition coefficient (Wildman–Crippen LogP) is 5.38. The quantitative estimate of drug-likeness (QED) is 0.263. The fourth-order valence-corrected chi connectivity index (χ4v) is 3.44. The summed E-state index contributed by atoms with van der Waals surface area (Å²) in [5.74, 6) is 0.0248. The summed E-state index contributed by atoms with van der Waals surface area (Å²) >= 11 is 3.35. The molecule has 4 rings (SSSR count). The summed E-state index contributed by atoms with van der Waals surface area (Å²) in [6, 6.07) is 27.6. The fraction of sp³-hybridized carbons (Fsp3) is 0.0385. The Morgan fingerprint density at radius 1 is 0.879 bits per heavy atom. The molecule has 0 unspecified atom stereocenters. The Kier molecular flexibility index (Phi) is 7.12. The molecule has 0 saturated carbocycles. The van der Waals surface area contributed by atoms with Crippen LogP contribution in [-0.4, -0.2) is 24.6 Å². The molecule has 0 bridgehead atoms. The first-order valence-electron chi connectivity index (χ1n) is 10.2. The Morgan fingerprint density at radius 3 is 2.39 bits per heavy atom. The lowest BCUT2D eigenvalue weighted by molar-refractivity contribution is -0.118. The van der Waals surface area contributed by atoms with Crippen molar-refractivity contribution in [3.63, 3.8) is 0 Å². The van der Waals surface area contributed by atoms with Crippen molar-refractivity contribution in [1.82, 2.24) is 5.43 Å². The summed E-state index contributed by atoms with van der Waals surface area (Å²) < 4.78 is 6.46. The number of carbonyl (C=O) groups is 2. The number of anilines is 1. The molecular formula is C26H20BrN3O3. The molecule has 2 amide bonds. The van der Waals surface area contributed by atoms with Crippen molar-refractivity contribution in [3.8, 4) is 5.75 Å². The van der Waals surface area contributed by atoms with E-state index in [1.54, 1.807) is 48.7 Å². The number of rotatable bonds is 7. The van der Waals surface area contributed by atoms with Gasteiger partial charge in [0.25, 0.3) is 11.8 Å². The number of hydrogen-bond acceptors (Lipinski definition) is 4. The van der Waals surface area contributed by atoms with Gasteiger partial charge in [-0.05, 0) is 70.9 Å². The second kappa shape index (κ2) is 10.6. The molecule has 7 heteroatoms. The van der Waals surface area contributed by atoms with E-state index < -0.39 is 0 Å². The van der Waals surface area contributed by atoms with E-state index in [9.17, 15) is 9.59 Å². The predicted molar refractivity (Wildman–Crippen MR) is 134 cm³/mol. The number of hydrogen-bond donors (Lipinski definition) is 2. The SMILES string of the molecule is O=C(COc1ccc(/C=N\NC(=O)c2cccc3ccccc23)cc1)Nc1ccc(Br)cc1. The van der Waals surface area contributed by atoms with Gasteiger partial charge in [-0.25, -0.2) is 5.43 Å².